The molecule has 0 aliphatic carbocycles. The van der Waals surface area contributed by atoms with Gasteiger partial charge in [-0.05, 0) is 36.3 Å². The van der Waals surface area contributed by atoms with Crippen molar-refractivity contribution in [1.82, 2.24) is 9.78 Å². The molecule has 0 spiro atoms. The summed E-state index contributed by atoms with van der Waals surface area (Å²) in [5.41, 5.74) is 3.26. The van der Waals surface area contributed by atoms with E-state index in [0.29, 0.717) is 25.1 Å². The summed E-state index contributed by atoms with van der Waals surface area (Å²) in [7, 11) is -3.01. The molecule has 1 saturated heterocycles. The number of aromatic nitrogens is 2. The summed E-state index contributed by atoms with van der Waals surface area (Å²) >= 11 is 0. The average Bonchev–Trinajstić information content (AvgIpc) is 3.14. The maximum absolute atomic E-state index is 12.4. The summed E-state index contributed by atoms with van der Waals surface area (Å²) in [5.74, 6) is 0.737. The molecule has 0 radical (unpaired) electrons. The van der Waals surface area contributed by atoms with E-state index in [2.05, 4.69) is 55.5 Å². The van der Waals surface area contributed by atoms with Crippen LogP contribution in [0.15, 0.2) is 30.3 Å². The van der Waals surface area contributed by atoms with Crippen LogP contribution in [0, 0.1) is 6.92 Å². The van der Waals surface area contributed by atoms with Crippen LogP contribution in [0.3, 0.4) is 0 Å². The molecule has 2 heterocycles. The Balaban J connectivity index is 1.61. The van der Waals surface area contributed by atoms with Crippen molar-refractivity contribution in [2.45, 2.75) is 58.4 Å². The van der Waals surface area contributed by atoms with E-state index in [4.69, 9.17) is 0 Å². The number of nitrogens with one attached hydrogen (secondary N) is 1. The van der Waals surface area contributed by atoms with Crippen molar-refractivity contribution < 1.29 is 13.2 Å². The molecule has 1 aliphatic rings. The fourth-order valence-corrected chi connectivity index (χ4v) is 5.18. The van der Waals surface area contributed by atoms with E-state index in [1.807, 2.05) is 6.92 Å². The number of hydrogen-bond acceptors (Lipinski definition) is 4. The molecule has 1 aromatic carbocycles. The normalized spacial score (nSPS) is 18.9. The first-order valence-electron chi connectivity index (χ1n) is 9.69. The molecular formula is C21H29N3O3S. The molecule has 1 unspecified atom stereocenters. The van der Waals surface area contributed by atoms with Gasteiger partial charge in [0.05, 0.1) is 23.2 Å². The number of carbonyl (C=O) groups is 1. The number of sulfone groups is 1. The van der Waals surface area contributed by atoms with Crippen LogP contribution in [0.2, 0.25) is 0 Å². The second-order valence-corrected chi connectivity index (χ2v) is 10.9. The first kappa shape index (κ1) is 20.6. The van der Waals surface area contributed by atoms with Gasteiger partial charge in [-0.15, -0.1) is 0 Å². The van der Waals surface area contributed by atoms with E-state index in [1.165, 1.54) is 5.56 Å². The minimum absolute atomic E-state index is 0.0805. The van der Waals surface area contributed by atoms with Crippen molar-refractivity contribution in [3.8, 4) is 0 Å². The highest BCUT2D eigenvalue weighted by atomic mass is 32.2. The predicted molar refractivity (Wildman–Crippen MR) is 111 cm³/mol. The number of aryl methyl sites for hydroxylation is 2. The maximum Gasteiger partial charge on any atom is 0.225 e. The van der Waals surface area contributed by atoms with Crippen LogP contribution in [-0.2, 0) is 26.5 Å². The average molecular weight is 404 g/mol. The zero-order chi connectivity index (χ0) is 20.5. The molecule has 3 rings (SSSR count). The summed E-state index contributed by atoms with van der Waals surface area (Å²) in [4.78, 5) is 12.4. The zero-order valence-electron chi connectivity index (χ0n) is 17.0. The van der Waals surface area contributed by atoms with Crippen molar-refractivity contribution in [3.05, 3.63) is 47.2 Å². The number of carbonyl (C=O) groups excluding carboxylic acids is 1. The summed E-state index contributed by atoms with van der Waals surface area (Å²) < 4.78 is 25.2. The van der Waals surface area contributed by atoms with Gasteiger partial charge in [-0.3, -0.25) is 4.79 Å². The highest BCUT2D eigenvalue weighted by molar-refractivity contribution is 7.91. The molecule has 6 nitrogen and oxygen atoms in total. The Morgan fingerprint density at radius 2 is 1.93 bits per heavy atom. The molecular weight excluding hydrogens is 374 g/mol. The van der Waals surface area contributed by atoms with E-state index >= 15 is 0 Å². The maximum atomic E-state index is 12.4. The summed E-state index contributed by atoms with van der Waals surface area (Å²) in [6.07, 6.45) is 1.55. The van der Waals surface area contributed by atoms with Gasteiger partial charge in [-0.1, -0.05) is 45.0 Å². The molecule has 0 saturated carbocycles. The van der Waals surface area contributed by atoms with Crippen molar-refractivity contribution in [3.63, 3.8) is 0 Å². The molecule has 28 heavy (non-hydrogen) atoms. The van der Waals surface area contributed by atoms with Crippen LogP contribution in [-0.4, -0.2) is 35.6 Å². The molecule has 152 valence electrons. The number of amides is 1. The Morgan fingerprint density at radius 1 is 1.25 bits per heavy atom. The van der Waals surface area contributed by atoms with Crippen LogP contribution < -0.4 is 5.32 Å². The van der Waals surface area contributed by atoms with Crippen molar-refractivity contribution in [1.29, 1.82) is 0 Å². The molecule has 7 heteroatoms. The highest BCUT2D eigenvalue weighted by Gasteiger charge is 2.31. The van der Waals surface area contributed by atoms with Gasteiger partial charge in [0, 0.05) is 12.5 Å². The smallest absolute Gasteiger partial charge is 0.225 e. The Kier molecular flexibility index (Phi) is 5.66. The third kappa shape index (κ3) is 5.01. The molecule has 0 bridgehead atoms. The third-order valence-corrected chi connectivity index (χ3v) is 6.89. The van der Waals surface area contributed by atoms with Crippen molar-refractivity contribution in [2.24, 2.45) is 0 Å². The molecule has 1 aliphatic heterocycles. The lowest BCUT2D eigenvalue weighted by atomic mass is 9.86. The molecule has 1 N–H and O–H groups in total. The van der Waals surface area contributed by atoms with Crippen LogP contribution in [0.4, 0.5) is 5.82 Å². The van der Waals surface area contributed by atoms with E-state index in [-0.39, 0.29) is 28.9 Å². The quantitative estimate of drug-likeness (QED) is 0.829. The van der Waals surface area contributed by atoms with Gasteiger partial charge < -0.3 is 5.32 Å². The Labute approximate surface area is 167 Å². The number of hydrogen-bond donors (Lipinski definition) is 1. The number of benzene rings is 1. The second kappa shape index (κ2) is 7.70. The fraction of sp³-hybridized carbons (Fsp3) is 0.524. The Bertz CT molecular complexity index is 954. The Morgan fingerprint density at radius 3 is 2.50 bits per heavy atom. The molecule has 1 aromatic heterocycles. The van der Waals surface area contributed by atoms with Crippen LogP contribution in [0.5, 0.6) is 0 Å². The monoisotopic (exact) mass is 403 g/mol. The topological polar surface area (TPSA) is 81.1 Å². The lowest BCUT2D eigenvalue weighted by Crippen LogP contribution is -2.19. The van der Waals surface area contributed by atoms with E-state index < -0.39 is 9.84 Å². The van der Waals surface area contributed by atoms with Gasteiger partial charge in [0.2, 0.25) is 5.91 Å². The molecule has 1 amide bonds. The standard InChI is InChI=1S/C21H29N3O3S/c1-15-13-19(24(23-15)18-11-12-28(26,27)14-18)22-20(25)10-7-16-5-8-17(9-6-16)21(2,3)4/h5-6,8-9,13,18H,7,10-12,14H2,1-4H3,(H,22,25). The molecule has 1 atom stereocenters. The predicted octanol–water partition coefficient (Wildman–Crippen LogP) is 3.42. The van der Waals surface area contributed by atoms with Gasteiger partial charge >= 0.3 is 0 Å². The zero-order valence-corrected chi connectivity index (χ0v) is 17.8. The molecule has 2 aromatic rings. The lowest BCUT2D eigenvalue weighted by Gasteiger charge is -2.19. The van der Waals surface area contributed by atoms with Crippen LogP contribution >= 0.6 is 0 Å². The first-order valence-corrected chi connectivity index (χ1v) is 11.5. The minimum atomic E-state index is -3.01. The molecule has 1 fully saturated rings. The lowest BCUT2D eigenvalue weighted by molar-refractivity contribution is -0.116. The van der Waals surface area contributed by atoms with Gasteiger partial charge in [-0.25, -0.2) is 13.1 Å². The van der Waals surface area contributed by atoms with E-state index in [1.54, 1.807) is 10.7 Å². The Hall–Kier alpha value is -2.15. The third-order valence-electron chi connectivity index (χ3n) is 5.14. The highest BCUT2D eigenvalue weighted by Crippen LogP contribution is 2.27. The number of anilines is 1. The fourth-order valence-electron chi connectivity index (χ4n) is 3.49. The number of rotatable bonds is 5. The summed E-state index contributed by atoms with van der Waals surface area (Å²) in [5, 5.41) is 7.31. The van der Waals surface area contributed by atoms with E-state index in [9.17, 15) is 13.2 Å². The summed E-state index contributed by atoms with van der Waals surface area (Å²) in [6.45, 7) is 8.37. The van der Waals surface area contributed by atoms with Gasteiger partial charge in [0.1, 0.15) is 5.82 Å². The SMILES string of the molecule is Cc1cc(NC(=O)CCc2ccc(C(C)(C)C)cc2)n(C2CCS(=O)(=O)C2)n1. The first-order chi connectivity index (χ1) is 13.0. The van der Waals surface area contributed by atoms with Gasteiger partial charge in [0.25, 0.3) is 0 Å². The van der Waals surface area contributed by atoms with Crippen LogP contribution in [0.25, 0.3) is 0 Å². The van der Waals surface area contributed by atoms with Gasteiger partial charge in [-0.2, -0.15) is 5.10 Å². The largest absolute Gasteiger partial charge is 0.311 e. The minimum Gasteiger partial charge on any atom is -0.311 e. The van der Waals surface area contributed by atoms with E-state index in [0.717, 1.165) is 11.3 Å². The van der Waals surface area contributed by atoms with Crippen molar-refractivity contribution >= 4 is 21.6 Å². The van der Waals surface area contributed by atoms with Crippen molar-refractivity contribution in [2.75, 3.05) is 16.8 Å². The summed E-state index contributed by atoms with van der Waals surface area (Å²) in [6, 6.07) is 9.97. The van der Waals surface area contributed by atoms with Gasteiger partial charge in [0.15, 0.2) is 9.84 Å². The number of nitrogens with zero attached hydrogens (tertiary/aromatic N) is 2. The second-order valence-electron chi connectivity index (χ2n) is 8.67. The van der Waals surface area contributed by atoms with Crippen LogP contribution in [0.1, 0.15) is 56.5 Å².